The first kappa shape index (κ1) is 15.1. The Balaban J connectivity index is 1.81. The second-order valence-electron chi connectivity index (χ2n) is 5.10. The molecule has 1 aliphatic rings. The zero-order valence-corrected chi connectivity index (χ0v) is 12.3. The molecule has 112 valence electrons. The number of ether oxygens (including phenoxy) is 2. The summed E-state index contributed by atoms with van der Waals surface area (Å²) in [6, 6.07) is 2.40. The Labute approximate surface area is 121 Å². The molecule has 0 unspecified atom stereocenters. The Morgan fingerprint density at radius 2 is 2.10 bits per heavy atom. The van der Waals surface area contributed by atoms with Gasteiger partial charge in [0, 0.05) is 44.8 Å². The zero-order chi connectivity index (χ0) is 14.2. The molecule has 0 aromatic carbocycles. The van der Waals surface area contributed by atoms with Gasteiger partial charge in [0.15, 0.2) is 0 Å². The number of hydrogen-bond donors (Lipinski definition) is 1. The zero-order valence-electron chi connectivity index (χ0n) is 12.3. The molecule has 2 rings (SSSR count). The summed E-state index contributed by atoms with van der Waals surface area (Å²) in [4.78, 5) is 6.59. The predicted molar refractivity (Wildman–Crippen MR) is 80.3 cm³/mol. The number of aromatic nitrogens is 1. The van der Waals surface area contributed by atoms with Crippen molar-refractivity contribution >= 4 is 5.69 Å². The molecule has 2 heterocycles. The minimum Gasteiger partial charge on any atom is -0.492 e. The SMILES string of the molecule is CCOCCCOc1cncc(N2CCC(N)CC2)c1. The molecular weight excluding hydrogens is 254 g/mol. The third-order valence-corrected chi connectivity index (χ3v) is 3.51. The van der Waals surface area contributed by atoms with Crippen molar-refractivity contribution in [3.05, 3.63) is 18.5 Å². The molecule has 0 bridgehead atoms. The third kappa shape index (κ3) is 4.65. The molecule has 1 aliphatic heterocycles. The van der Waals surface area contributed by atoms with Crippen LogP contribution in [0.4, 0.5) is 5.69 Å². The lowest BCUT2D eigenvalue weighted by Crippen LogP contribution is -2.39. The van der Waals surface area contributed by atoms with E-state index in [0.29, 0.717) is 12.6 Å². The van der Waals surface area contributed by atoms with Crippen LogP contribution in [0, 0.1) is 0 Å². The van der Waals surface area contributed by atoms with Gasteiger partial charge >= 0.3 is 0 Å². The molecule has 0 amide bonds. The number of nitrogens with zero attached hydrogens (tertiary/aromatic N) is 2. The number of hydrogen-bond acceptors (Lipinski definition) is 5. The summed E-state index contributed by atoms with van der Waals surface area (Å²) in [5.41, 5.74) is 7.06. The predicted octanol–water partition coefficient (Wildman–Crippen LogP) is 1.81. The van der Waals surface area contributed by atoms with Gasteiger partial charge in [-0.05, 0) is 19.8 Å². The maximum absolute atomic E-state index is 5.93. The highest BCUT2D eigenvalue weighted by atomic mass is 16.5. The van der Waals surface area contributed by atoms with Crippen LogP contribution in [0.25, 0.3) is 0 Å². The van der Waals surface area contributed by atoms with Crippen LogP contribution in [-0.4, -0.2) is 43.9 Å². The molecule has 1 aromatic rings. The fourth-order valence-electron chi connectivity index (χ4n) is 2.31. The Morgan fingerprint density at radius 1 is 1.30 bits per heavy atom. The smallest absolute Gasteiger partial charge is 0.139 e. The highest BCUT2D eigenvalue weighted by Gasteiger charge is 2.16. The van der Waals surface area contributed by atoms with Crippen molar-refractivity contribution in [2.24, 2.45) is 5.73 Å². The second kappa shape index (κ2) is 8.07. The van der Waals surface area contributed by atoms with Crippen LogP contribution in [0.3, 0.4) is 0 Å². The van der Waals surface area contributed by atoms with Crippen molar-refractivity contribution in [3.63, 3.8) is 0 Å². The van der Waals surface area contributed by atoms with E-state index in [9.17, 15) is 0 Å². The second-order valence-corrected chi connectivity index (χ2v) is 5.10. The van der Waals surface area contributed by atoms with Crippen LogP contribution in [0.1, 0.15) is 26.2 Å². The quantitative estimate of drug-likeness (QED) is 0.771. The summed E-state index contributed by atoms with van der Waals surface area (Å²) in [7, 11) is 0. The average molecular weight is 279 g/mol. The van der Waals surface area contributed by atoms with Gasteiger partial charge in [0.05, 0.1) is 24.7 Å². The van der Waals surface area contributed by atoms with Crippen LogP contribution in [0.15, 0.2) is 18.5 Å². The fourth-order valence-corrected chi connectivity index (χ4v) is 2.31. The van der Waals surface area contributed by atoms with Gasteiger partial charge in [0.1, 0.15) is 5.75 Å². The normalized spacial score (nSPS) is 16.4. The van der Waals surface area contributed by atoms with E-state index in [2.05, 4.69) is 16.0 Å². The molecule has 20 heavy (non-hydrogen) atoms. The van der Waals surface area contributed by atoms with Crippen molar-refractivity contribution in [1.29, 1.82) is 0 Å². The first-order chi connectivity index (χ1) is 9.79. The molecule has 1 fully saturated rings. The standard InChI is InChI=1S/C15H25N3O2/c1-2-19-8-3-9-20-15-10-14(11-17-12-15)18-6-4-13(16)5-7-18/h10-13H,2-9,16H2,1H3. The first-order valence-electron chi connectivity index (χ1n) is 7.45. The summed E-state index contributed by atoms with van der Waals surface area (Å²) >= 11 is 0. The molecule has 0 radical (unpaired) electrons. The van der Waals surface area contributed by atoms with Crippen molar-refractivity contribution in [1.82, 2.24) is 4.98 Å². The molecule has 0 spiro atoms. The molecular formula is C15H25N3O2. The van der Waals surface area contributed by atoms with Crippen molar-refractivity contribution in [3.8, 4) is 5.75 Å². The Bertz CT molecular complexity index is 392. The maximum atomic E-state index is 5.93. The minimum atomic E-state index is 0.345. The first-order valence-corrected chi connectivity index (χ1v) is 7.45. The molecule has 0 aliphatic carbocycles. The Hall–Kier alpha value is -1.33. The summed E-state index contributed by atoms with van der Waals surface area (Å²) < 4.78 is 11.0. The lowest BCUT2D eigenvalue weighted by Gasteiger charge is -2.31. The van der Waals surface area contributed by atoms with Gasteiger partial charge in [-0.1, -0.05) is 0 Å². The number of anilines is 1. The maximum Gasteiger partial charge on any atom is 0.139 e. The van der Waals surface area contributed by atoms with E-state index in [1.54, 1.807) is 6.20 Å². The van der Waals surface area contributed by atoms with Crippen LogP contribution < -0.4 is 15.4 Å². The summed E-state index contributed by atoms with van der Waals surface area (Å²) in [6.45, 7) is 6.16. The van der Waals surface area contributed by atoms with Gasteiger partial charge in [-0.25, -0.2) is 0 Å². The molecule has 0 atom stereocenters. The van der Waals surface area contributed by atoms with Gasteiger partial charge in [-0.15, -0.1) is 0 Å². The largest absolute Gasteiger partial charge is 0.492 e. The van der Waals surface area contributed by atoms with Gasteiger partial charge in [-0.3, -0.25) is 4.98 Å². The topological polar surface area (TPSA) is 60.6 Å². The van der Waals surface area contributed by atoms with E-state index in [4.69, 9.17) is 15.2 Å². The molecule has 1 aromatic heterocycles. The molecule has 5 nitrogen and oxygen atoms in total. The minimum absolute atomic E-state index is 0.345. The molecule has 5 heteroatoms. The lowest BCUT2D eigenvalue weighted by atomic mass is 10.1. The Kier molecular flexibility index (Phi) is 6.08. The van der Waals surface area contributed by atoms with Crippen molar-refractivity contribution < 1.29 is 9.47 Å². The summed E-state index contributed by atoms with van der Waals surface area (Å²) in [5, 5.41) is 0. The van der Waals surface area contributed by atoms with E-state index in [-0.39, 0.29) is 0 Å². The number of rotatable bonds is 7. The van der Waals surface area contributed by atoms with Gasteiger partial charge in [0.2, 0.25) is 0 Å². The number of pyridine rings is 1. The highest BCUT2D eigenvalue weighted by Crippen LogP contribution is 2.22. The van der Waals surface area contributed by atoms with Crippen LogP contribution in [0.2, 0.25) is 0 Å². The molecule has 0 saturated carbocycles. The lowest BCUT2D eigenvalue weighted by molar-refractivity contribution is 0.131. The summed E-state index contributed by atoms with van der Waals surface area (Å²) in [5.74, 6) is 0.828. The van der Waals surface area contributed by atoms with Crippen LogP contribution in [-0.2, 0) is 4.74 Å². The molecule has 1 saturated heterocycles. The van der Waals surface area contributed by atoms with Gasteiger partial charge in [0.25, 0.3) is 0 Å². The Morgan fingerprint density at radius 3 is 2.85 bits per heavy atom. The van der Waals surface area contributed by atoms with Crippen molar-refractivity contribution in [2.45, 2.75) is 32.2 Å². The van der Waals surface area contributed by atoms with Crippen molar-refractivity contribution in [2.75, 3.05) is 37.8 Å². The monoisotopic (exact) mass is 279 g/mol. The average Bonchev–Trinajstić information content (AvgIpc) is 2.48. The van der Waals surface area contributed by atoms with Gasteiger partial charge < -0.3 is 20.1 Å². The fraction of sp³-hybridized carbons (Fsp3) is 0.667. The van der Waals surface area contributed by atoms with E-state index in [1.165, 1.54) is 0 Å². The van der Waals surface area contributed by atoms with Crippen LogP contribution >= 0.6 is 0 Å². The van der Waals surface area contributed by atoms with E-state index < -0.39 is 0 Å². The van der Waals surface area contributed by atoms with E-state index in [1.807, 2.05) is 13.1 Å². The third-order valence-electron chi connectivity index (χ3n) is 3.51. The van der Waals surface area contributed by atoms with E-state index in [0.717, 1.165) is 57.0 Å². The number of nitrogens with two attached hydrogens (primary N) is 1. The van der Waals surface area contributed by atoms with Crippen LogP contribution in [0.5, 0.6) is 5.75 Å². The van der Waals surface area contributed by atoms with E-state index >= 15 is 0 Å². The highest BCUT2D eigenvalue weighted by molar-refractivity contribution is 5.48. The van der Waals surface area contributed by atoms with Gasteiger partial charge in [-0.2, -0.15) is 0 Å². The molecule has 2 N–H and O–H groups in total. The summed E-state index contributed by atoms with van der Waals surface area (Å²) in [6.07, 6.45) is 6.64. The number of piperidine rings is 1.